The van der Waals surface area contributed by atoms with Gasteiger partial charge in [0, 0.05) is 12.6 Å². The zero-order valence-electron chi connectivity index (χ0n) is 13.5. The number of aromatic nitrogens is 1. The van der Waals surface area contributed by atoms with Gasteiger partial charge in [-0.25, -0.2) is 0 Å². The van der Waals surface area contributed by atoms with Crippen LogP contribution >= 0.6 is 11.5 Å². The molecule has 0 spiro atoms. The van der Waals surface area contributed by atoms with Crippen molar-refractivity contribution in [1.82, 2.24) is 9.69 Å². The Kier molecular flexibility index (Phi) is 5.03. The molecule has 2 N–H and O–H groups in total. The van der Waals surface area contributed by atoms with Gasteiger partial charge in [-0.3, -0.25) is 4.79 Å². The lowest BCUT2D eigenvalue weighted by atomic mass is 10.0. The number of rotatable bonds is 5. The first-order valence-electron chi connectivity index (χ1n) is 7.07. The Morgan fingerprint density at radius 1 is 1.36 bits per heavy atom. The Hall–Kier alpha value is -2.08. The minimum Gasteiger partial charge on any atom is -0.496 e. The first-order valence-corrected chi connectivity index (χ1v) is 7.84. The summed E-state index contributed by atoms with van der Waals surface area (Å²) < 4.78 is 9.62. The summed E-state index contributed by atoms with van der Waals surface area (Å²) in [5.74, 6) is 0.638. The second-order valence-corrected chi connectivity index (χ2v) is 5.94. The molecule has 0 saturated heterocycles. The van der Waals surface area contributed by atoms with E-state index in [1.165, 1.54) is 11.5 Å². The predicted octanol–water partition coefficient (Wildman–Crippen LogP) is 3.30. The molecule has 1 heterocycles. The summed E-state index contributed by atoms with van der Waals surface area (Å²) in [7, 11) is 3.42. The standard InChI is InChI=1S/C16H21N3O2S/c1-9-6-7-13(21-5)12(8-9)10(2)18-15(20)14-11(3)19-22-16(14)17-4/h6-8,10,17H,1-5H3,(H,18,20)/t10-/m0/s1. The zero-order chi connectivity index (χ0) is 16.3. The average Bonchev–Trinajstić information content (AvgIpc) is 2.88. The SMILES string of the molecule is CNc1snc(C)c1C(=O)N[C@@H](C)c1cc(C)ccc1OC. The molecule has 0 aliphatic rings. The van der Waals surface area contributed by atoms with Gasteiger partial charge in [-0.15, -0.1) is 0 Å². The van der Waals surface area contributed by atoms with E-state index in [-0.39, 0.29) is 11.9 Å². The van der Waals surface area contributed by atoms with E-state index in [9.17, 15) is 4.79 Å². The fourth-order valence-electron chi connectivity index (χ4n) is 2.35. The van der Waals surface area contributed by atoms with Crippen molar-refractivity contribution < 1.29 is 9.53 Å². The molecule has 1 aromatic carbocycles. The van der Waals surface area contributed by atoms with Gasteiger partial charge in [0.05, 0.1) is 24.4 Å². The number of ether oxygens (including phenoxy) is 1. The molecule has 118 valence electrons. The molecule has 0 bridgehead atoms. The monoisotopic (exact) mass is 319 g/mol. The minimum absolute atomic E-state index is 0.133. The highest BCUT2D eigenvalue weighted by Crippen LogP contribution is 2.28. The molecule has 2 rings (SSSR count). The maximum absolute atomic E-state index is 12.5. The summed E-state index contributed by atoms with van der Waals surface area (Å²) in [6, 6.07) is 5.78. The Labute approximate surface area is 134 Å². The number of methoxy groups -OCH3 is 1. The van der Waals surface area contributed by atoms with Crippen LogP contribution in [0.25, 0.3) is 0 Å². The number of nitrogens with one attached hydrogen (secondary N) is 2. The van der Waals surface area contributed by atoms with Gasteiger partial charge in [0.25, 0.3) is 5.91 Å². The third kappa shape index (κ3) is 3.22. The number of carbonyl (C=O) groups excluding carboxylic acids is 1. The van der Waals surface area contributed by atoms with Crippen molar-refractivity contribution in [2.45, 2.75) is 26.8 Å². The van der Waals surface area contributed by atoms with Crippen molar-refractivity contribution >= 4 is 22.4 Å². The lowest BCUT2D eigenvalue weighted by Crippen LogP contribution is -2.27. The lowest BCUT2D eigenvalue weighted by molar-refractivity contribution is 0.0940. The van der Waals surface area contributed by atoms with E-state index in [0.29, 0.717) is 5.56 Å². The summed E-state index contributed by atoms with van der Waals surface area (Å²) in [5, 5.41) is 6.81. The van der Waals surface area contributed by atoms with E-state index in [0.717, 1.165) is 27.6 Å². The molecule has 0 fully saturated rings. The predicted molar refractivity (Wildman–Crippen MR) is 90.0 cm³/mol. The molecule has 1 atom stereocenters. The number of nitrogens with zero attached hydrogens (tertiary/aromatic N) is 1. The van der Waals surface area contributed by atoms with Gasteiger partial charge in [-0.1, -0.05) is 17.7 Å². The molecule has 0 aliphatic carbocycles. The molecule has 5 nitrogen and oxygen atoms in total. The highest BCUT2D eigenvalue weighted by atomic mass is 32.1. The van der Waals surface area contributed by atoms with Crippen LogP contribution in [0.2, 0.25) is 0 Å². The van der Waals surface area contributed by atoms with Gasteiger partial charge in [0.15, 0.2) is 0 Å². The van der Waals surface area contributed by atoms with Crippen molar-refractivity contribution in [3.8, 4) is 5.75 Å². The molecule has 1 aromatic heterocycles. The number of carbonyl (C=O) groups is 1. The third-order valence-electron chi connectivity index (χ3n) is 3.52. The van der Waals surface area contributed by atoms with E-state index in [4.69, 9.17) is 4.74 Å². The summed E-state index contributed by atoms with van der Waals surface area (Å²) in [6.07, 6.45) is 0. The number of benzene rings is 1. The van der Waals surface area contributed by atoms with Crippen molar-refractivity contribution in [3.05, 3.63) is 40.6 Å². The summed E-state index contributed by atoms with van der Waals surface area (Å²) in [6.45, 7) is 5.80. The fourth-order valence-corrected chi connectivity index (χ4v) is 3.09. The van der Waals surface area contributed by atoms with Gasteiger partial charge >= 0.3 is 0 Å². The van der Waals surface area contributed by atoms with Crippen LogP contribution in [-0.4, -0.2) is 24.4 Å². The molecule has 0 unspecified atom stereocenters. The van der Waals surface area contributed by atoms with E-state index in [1.807, 2.05) is 39.0 Å². The zero-order valence-corrected chi connectivity index (χ0v) is 14.3. The molecule has 1 amide bonds. The van der Waals surface area contributed by atoms with Gasteiger partial charge in [0.2, 0.25) is 0 Å². The van der Waals surface area contributed by atoms with Crippen LogP contribution in [0.1, 0.15) is 40.1 Å². The second-order valence-electron chi connectivity index (χ2n) is 5.16. The number of hydrogen-bond donors (Lipinski definition) is 2. The molecular formula is C16H21N3O2S. The number of anilines is 1. The van der Waals surface area contributed by atoms with Crippen molar-refractivity contribution in [2.24, 2.45) is 0 Å². The number of hydrogen-bond acceptors (Lipinski definition) is 5. The van der Waals surface area contributed by atoms with E-state index >= 15 is 0 Å². The largest absolute Gasteiger partial charge is 0.496 e. The third-order valence-corrected chi connectivity index (χ3v) is 4.47. The maximum atomic E-state index is 12.5. The molecule has 0 radical (unpaired) electrons. The van der Waals surface area contributed by atoms with Crippen LogP contribution in [0, 0.1) is 13.8 Å². The summed E-state index contributed by atoms with van der Waals surface area (Å²) in [5.41, 5.74) is 3.42. The topological polar surface area (TPSA) is 63.2 Å². The van der Waals surface area contributed by atoms with E-state index in [2.05, 4.69) is 15.0 Å². The first-order chi connectivity index (χ1) is 10.5. The highest BCUT2D eigenvalue weighted by Gasteiger charge is 2.21. The smallest absolute Gasteiger partial charge is 0.256 e. The van der Waals surface area contributed by atoms with Crippen LogP contribution < -0.4 is 15.4 Å². The molecule has 22 heavy (non-hydrogen) atoms. The molecule has 2 aromatic rings. The van der Waals surface area contributed by atoms with Gasteiger partial charge in [-0.2, -0.15) is 4.37 Å². The molecule has 0 aliphatic heterocycles. The Bertz CT molecular complexity index is 682. The fraction of sp³-hybridized carbons (Fsp3) is 0.375. The van der Waals surface area contributed by atoms with Crippen LogP contribution in [0.3, 0.4) is 0 Å². The van der Waals surface area contributed by atoms with Crippen molar-refractivity contribution in [3.63, 3.8) is 0 Å². The van der Waals surface area contributed by atoms with Gasteiger partial charge < -0.3 is 15.4 Å². The number of aryl methyl sites for hydroxylation is 2. The quantitative estimate of drug-likeness (QED) is 0.887. The highest BCUT2D eigenvalue weighted by molar-refractivity contribution is 7.10. The van der Waals surface area contributed by atoms with E-state index in [1.54, 1.807) is 14.2 Å². The lowest BCUT2D eigenvalue weighted by Gasteiger charge is -2.18. The maximum Gasteiger partial charge on any atom is 0.256 e. The van der Waals surface area contributed by atoms with Gasteiger partial charge in [0.1, 0.15) is 10.8 Å². The Morgan fingerprint density at radius 2 is 2.09 bits per heavy atom. The van der Waals surface area contributed by atoms with Crippen molar-refractivity contribution in [2.75, 3.05) is 19.5 Å². The summed E-state index contributed by atoms with van der Waals surface area (Å²) >= 11 is 1.29. The Balaban J connectivity index is 2.25. The van der Waals surface area contributed by atoms with Crippen LogP contribution in [0.15, 0.2) is 18.2 Å². The van der Waals surface area contributed by atoms with Gasteiger partial charge in [-0.05, 0) is 38.4 Å². The minimum atomic E-state index is -0.161. The molecular weight excluding hydrogens is 298 g/mol. The average molecular weight is 319 g/mol. The van der Waals surface area contributed by atoms with Crippen LogP contribution in [0.4, 0.5) is 5.00 Å². The molecule has 0 saturated carbocycles. The summed E-state index contributed by atoms with van der Waals surface area (Å²) in [4.78, 5) is 12.5. The Morgan fingerprint density at radius 3 is 2.73 bits per heavy atom. The van der Waals surface area contributed by atoms with Crippen molar-refractivity contribution in [1.29, 1.82) is 0 Å². The number of amides is 1. The van der Waals surface area contributed by atoms with Crippen LogP contribution in [0.5, 0.6) is 5.75 Å². The normalized spacial score (nSPS) is 11.9. The van der Waals surface area contributed by atoms with Crippen LogP contribution in [-0.2, 0) is 0 Å². The second kappa shape index (κ2) is 6.79. The van der Waals surface area contributed by atoms with E-state index < -0.39 is 0 Å². The molecule has 6 heteroatoms. The first kappa shape index (κ1) is 16.3.